The zero-order chi connectivity index (χ0) is 31.4. The van der Waals surface area contributed by atoms with Crippen molar-refractivity contribution in [2.24, 2.45) is 23.7 Å². The van der Waals surface area contributed by atoms with E-state index < -0.39 is 0 Å². The summed E-state index contributed by atoms with van der Waals surface area (Å²) >= 11 is 1.90. The van der Waals surface area contributed by atoms with Gasteiger partial charge in [-0.3, -0.25) is 0 Å². The Morgan fingerprint density at radius 3 is 1.96 bits per heavy atom. The molecule has 232 valence electrons. The van der Waals surface area contributed by atoms with Crippen molar-refractivity contribution in [3.63, 3.8) is 0 Å². The van der Waals surface area contributed by atoms with Gasteiger partial charge < -0.3 is 4.90 Å². The maximum absolute atomic E-state index is 2.61. The van der Waals surface area contributed by atoms with Crippen LogP contribution >= 0.6 is 11.3 Å². The van der Waals surface area contributed by atoms with Crippen LogP contribution in [0.1, 0.15) is 43.2 Å². The largest absolute Gasteiger partial charge is 0.310 e. The summed E-state index contributed by atoms with van der Waals surface area (Å²) in [6.07, 6.45) is 7.00. The van der Waals surface area contributed by atoms with Crippen LogP contribution < -0.4 is 4.90 Å². The van der Waals surface area contributed by atoms with E-state index in [1.807, 2.05) is 11.3 Å². The molecule has 1 spiro atoms. The van der Waals surface area contributed by atoms with Crippen molar-refractivity contribution >= 4 is 48.6 Å². The van der Waals surface area contributed by atoms with Gasteiger partial charge in [-0.05, 0) is 132 Å². The highest BCUT2D eigenvalue weighted by atomic mass is 32.1. The van der Waals surface area contributed by atoms with Gasteiger partial charge in [0.2, 0.25) is 0 Å². The van der Waals surface area contributed by atoms with E-state index in [1.165, 1.54) is 91.6 Å². The molecule has 0 N–H and O–H groups in total. The second-order valence-electron chi connectivity index (χ2n) is 14.9. The molecule has 48 heavy (non-hydrogen) atoms. The van der Waals surface area contributed by atoms with E-state index in [4.69, 9.17) is 0 Å². The van der Waals surface area contributed by atoms with E-state index in [2.05, 4.69) is 144 Å². The third-order valence-corrected chi connectivity index (χ3v) is 13.8. The van der Waals surface area contributed by atoms with Gasteiger partial charge in [-0.2, -0.15) is 0 Å². The number of hydrogen-bond donors (Lipinski definition) is 0. The van der Waals surface area contributed by atoms with Crippen molar-refractivity contribution in [3.05, 3.63) is 151 Å². The van der Waals surface area contributed by atoms with Gasteiger partial charge in [-0.25, -0.2) is 0 Å². The minimum Gasteiger partial charge on any atom is -0.310 e. The molecule has 0 unspecified atom stereocenters. The van der Waals surface area contributed by atoms with Gasteiger partial charge in [-0.1, -0.05) is 97.1 Å². The van der Waals surface area contributed by atoms with E-state index >= 15 is 0 Å². The van der Waals surface area contributed by atoms with Crippen LogP contribution in [0.3, 0.4) is 0 Å². The lowest BCUT2D eigenvalue weighted by molar-refractivity contribution is -0.0397. The van der Waals surface area contributed by atoms with Crippen LogP contribution in [0.4, 0.5) is 17.1 Å². The first-order valence-corrected chi connectivity index (χ1v) is 18.7. The maximum Gasteiger partial charge on any atom is 0.0509 e. The van der Waals surface area contributed by atoms with E-state index in [9.17, 15) is 0 Å². The first-order valence-electron chi connectivity index (χ1n) is 17.9. The number of anilines is 3. The molecular formula is C46H37NS. The molecule has 0 radical (unpaired) electrons. The van der Waals surface area contributed by atoms with Crippen LogP contribution in [0, 0.1) is 23.7 Å². The summed E-state index contributed by atoms with van der Waals surface area (Å²) in [5.41, 5.74) is 12.6. The zero-order valence-corrected chi connectivity index (χ0v) is 27.8. The van der Waals surface area contributed by atoms with Gasteiger partial charge in [0, 0.05) is 37.0 Å². The minimum atomic E-state index is 0.0807. The summed E-state index contributed by atoms with van der Waals surface area (Å²) in [5.74, 6) is 3.25. The smallest absolute Gasteiger partial charge is 0.0509 e. The summed E-state index contributed by atoms with van der Waals surface area (Å²) < 4.78 is 2.70. The minimum absolute atomic E-state index is 0.0807. The Labute approximate surface area is 286 Å². The molecule has 4 fully saturated rings. The van der Waals surface area contributed by atoms with Crippen LogP contribution in [0.5, 0.6) is 0 Å². The Hall–Kier alpha value is -4.66. The Balaban J connectivity index is 1.17. The molecule has 0 aliphatic heterocycles. The third kappa shape index (κ3) is 3.73. The number of nitrogens with zero attached hydrogens (tertiary/aromatic N) is 1. The highest BCUT2D eigenvalue weighted by Crippen LogP contribution is 2.71. The van der Waals surface area contributed by atoms with E-state index in [1.54, 1.807) is 11.1 Å². The van der Waals surface area contributed by atoms with E-state index in [0.29, 0.717) is 11.8 Å². The first-order chi connectivity index (χ1) is 23.8. The van der Waals surface area contributed by atoms with Gasteiger partial charge in [0.05, 0.1) is 5.69 Å². The Kier molecular flexibility index (Phi) is 5.79. The molecule has 1 heterocycles. The molecule has 4 bridgehead atoms. The molecule has 5 aliphatic carbocycles. The number of benzene rings is 6. The van der Waals surface area contributed by atoms with E-state index in [-0.39, 0.29) is 5.41 Å². The Morgan fingerprint density at radius 1 is 0.500 bits per heavy atom. The van der Waals surface area contributed by atoms with Crippen LogP contribution in [0.15, 0.2) is 140 Å². The predicted octanol–water partition coefficient (Wildman–Crippen LogP) is 12.9. The fourth-order valence-corrected chi connectivity index (χ4v) is 12.2. The Bertz CT molecular complexity index is 2340. The molecule has 7 aromatic rings. The lowest BCUT2D eigenvalue weighted by Crippen LogP contribution is -2.55. The molecule has 2 heteroatoms. The van der Waals surface area contributed by atoms with Crippen LogP contribution in [-0.2, 0) is 5.41 Å². The summed E-state index contributed by atoms with van der Waals surface area (Å²) in [4.78, 5) is 2.61. The van der Waals surface area contributed by atoms with Crippen molar-refractivity contribution in [3.8, 4) is 22.3 Å². The van der Waals surface area contributed by atoms with Gasteiger partial charge in [0.15, 0.2) is 0 Å². The summed E-state index contributed by atoms with van der Waals surface area (Å²) in [6, 6.07) is 52.9. The first kappa shape index (κ1) is 27.3. The predicted molar refractivity (Wildman–Crippen MR) is 203 cm³/mol. The molecule has 0 saturated heterocycles. The Morgan fingerprint density at radius 2 is 1.15 bits per heavy atom. The van der Waals surface area contributed by atoms with Crippen molar-refractivity contribution in [2.75, 3.05) is 4.90 Å². The number of thiophene rings is 1. The highest BCUT2D eigenvalue weighted by Gasteiger charge is 2.62. The van der Waals surface area contributed by atoms with Gasteiger partial charge in [0.25, 0.3) is 0 Å². The van der Waals surface area contributed by atoms with Gasteiger partial charge in [-0.15, -0.1) is 11.3 Å². The molecule has 1 nitrogen and oxygen atoms in total. The average molecular weight is 636 g/mol. The molecule has 5 aliphatic rings. The van der Waals surface area contributed by atoms with Gasteiger partial charge in [0.1, 0.15) is 0 Å². The number of fused-ring (bicyclic) bond motifs is 6. The normalized spacial score (nSPS) is 24.8. The van der Waals surface area contributed by atoms with Crippen LogP contribution in [0.25, 0.3) is 42.4 Å². The van der Waals surface area contributed by atoms with E-state index in [0.717, 1.165) is 11.8 Å². The number of rotatable bonds is 4. The topological polar surface area (TPSA) is 3.24 Å². The van der Waals surface area contributed by atoms with Crippen LogP contribution in [0.2, 0.25) is 0 Å². The summed E-state index contributed by atoms with van der Waals surface area (Å²) in [6.45, 7) is 0. The lowest BCUT2D eigenvalue weighted by Gasteiger charge is -2.61. The quantitative estimate of drug-likeness (QED) is 0.186. The maximum atomic E-state index is 2.61. The zero-order valence-electron chi connectivity index (χ0n) is 27.0. The second kappa shape index (κ2) is 10.2. The molecule has 1 aromatic heterocycles. The van der Waals surface area contributed by atoms with Crippen molar-refractivity contribution in [1.82, 2.24) is 0 Å². The molecule has 4 saturated carbocycles. The van der Waals surface area contributed by atoms with Crippen molar-refractivity contribution in [1.29, 1.82) is 0 Å². The molecule has 0 amide bonds. The van der Waals surface area contributed by atoms with Crippen LogP contribution in [-0.4, -0.2) is 0 Å². The molecule has 0 atom stereocenters. The van der Waals surface area contributed by atoms with Crippen molar-refractivity contribution < 1.29 is 0 Å². The molecule has 12 rings (SSSR count). The summed E-state index contributed by atoms with van der Waals surface area (Å²) in [7, 11) is 0. The monoisotopic (exact) mass is 635 g/mol. The van der Waals surface area contributed by atoms with Crippen molar-refractivity contribution in [2.45, 2.75) is 37.5 Å². The standard InChI is InChI=1S/C46H37NS/c1-2-9-31(10-3-1)32-17-19-35(20-18-32)47(36-21-22-44-40(28-36)38-12-5-7-16-43(38)48-44)42-15-8-13-39-37-11-4-6-14-41(37)46(45(39)42)33-24-29-23-30(26-33)27-34(46)25-29/h1-22,28-30,33-34H,23-27H2. The molecule has 6 aromatic carbocycles. The SMILES string of the molecule is c1ccc(-c2ccc(N(c3ccc4sc5ccccc5c4c3)c3cccc4c3C3(c5ccccc5-4)C4CC5CC(C4)CC3C5)cc2)cc1. The van der Waals surface area contributed by atoms with Gasteiger partial charge >= 0.3 is 0 Å². The lowest BCUT2D eigenvalue weighted by atomic mass is 9.43. The second-order valence-corrected chi connectivity index (χ2v) is 16.0. The highest BCUT2D eigenvalue weighted by molar-refractivity contribution is 7.25. The summed E-state index contributed by atoms with van der Waals surface area (Å²) in [5, 5.41) is 2.70. The fraction of sp³-hybridized carbons (Fsp3) is 0.217. The fourth-order valence-electron chi connectivity index (χ4n) is 11.1. The third-order valence-electron chi connectivity index (χ3n) is 12.6. The molecular weight excluding hydrogens is 599 g/mol. The number of hydrogen-bond acceptors (Lipinski definition) is 2. The average Bonchev–Trinajstić information content (AvgIpc) is 3.65.